The third-order valence-corrected chi connectivity index (χ3v) is 6.39. The largest absolute Gasteiger partial charge is 0.393 e. The molecule has 1 saturated heterocycles. The number of likely N-dealkylation sites (tertiary alicyclic amines) is 1. The minimum absolute atomic E-state index is 0.0185. The van der Waals surface area contributed by atoms with E-state index in [2.05, 4.69) is 24.1 Å². The average Bonchev–Trinajstić information content (AvgIpc) is 2.99. The van der Waals surface area contributed by atoms with E-state index in [1.807, 2.05) is 0 Å². The average molecular weight is 294 g/mol. The van der Waals surface area contributed by atoms with Crippen molar-refractivity contribution >= 4 is 0 Å². The van der Waals surface area contributed by atoms with Crippen LogP contribution in [0.25, 0.3) is 0 Å². The van der Waals surface area contributed by atoms with Crippen molar-refractivity contribution in [2.75, 3.05) is 32.7 Å². The van der Waals surface area contributed by atoms with E-state index in [4.69, 9.17) is 0 Å². The Morgan fingerprint density at radius 1 is 1.24 bits per heavy atom. The first-order valence-corrected chi connectivity index (χ1v) is 9.23. The maximum Gasteiger partial charge on any atom is 0.0583 e. The minimum atomic E-state index is -0.0185. The molecule has 0 spiro atoms. The van der Waals surface area contributed by atoms with E-state index in [9.17, 15) is 5.11 Å². The minimum Gasteiger partial charge on any atom is -0.393 e. The normalized spacial score (nSPS) is 44.1. The lowest BCUT2D eigenvalue weighted by Crippen LogP contribution is -2.46. The second kappa shape index (κ2) is 6.55. The van der Waals surface area contributed by atoms with Gasteiger partial charge in [-0.05, 0) is 49.5 Å². The van der Waals surface area contributed by atoms with Gasteiger partial charge in [0.05, 0.1) is 6.10 Å². The van der Waals surface area contributed by atoms with Crippen molar-refractivity contribution in [3.05, 3.63) is 0 Å². The molecule has 0 aromatic heterocycles. The van der Waals surface area contributed by atoms with Crippen molar-refractivity contribution in [2.45, 2.75) is 58.5 Å². The van der Waals surface area contributed by atoms with E-state index >= 15 is 0 Å². The summed E-state index contributed by atoms with van der Waals surface area (Å²) in [6.07, 6.45) is 7.86. The Morgan fingerprint density at radius 3 is 2.81 bits per heavy atom. The van der Waals surface area contributed by atoms with Gasteiger partial charge in [-0.2, -0.15) is 0 Å². The highest BCUT2D eigenvalue weighted by Crippen LogP contribution is 2.43. The number of rotatable bonds is 5. The number of aliphatic hydroxyl groups is 1. The number of aliphatic hydroxyl groups excluding tert-OH is 1. The molecule has 2 aliphatic carbocycles. The van der Waals surface area contributed by atoms with Crippen molar-refractivity contribution in [3.63, 3.8) is 0 Å². The van der Waals surface area contributed by atoms with Gasteiger partial charge in [0.2, 0.25) is 0 Å². The van der Waals surface area contributed by atoms with Crippen LogP contribution in [0, 0.1) is 23.2 Å². The predicted octanol–water partition coefficient (Wildman–Crippen LogP) is 2.50. The summed E-state index contributed by atoms with van der Waals surface area (Å²) >= 11 is 0. The third-order valence-electron chi connectivity index (χ3n) is 6.39. The molecule has 1 aliphatic heterocycles. The fourth-order valence-corrected chi connectivity index (χ4v) is 5.45. The van der Waals surface area contributed by atoms with Crippen LogP contribution in [0.15, 0.2) is 0 Å². The molecule has 21 heavy (non-hydrogen) atoms. The Balaban J connectivity index is 1.62. The number of hydrogen-bond acceptors (Lipinski definition) is 3. The smallest absolute Gasteiger partial charge is 0.0583 e. The molecule has 5 atom stereocenters. The molecule has 3 nitrogen and oxygen atoms in total. The zero-order valence-electron chi connectivity index (χ0n) is 14.0. The maximum atomic E-state index is 10.1. The van der Waals surface area contributed by atoms with Crippen molar-refractivity contribution in [1.29, 1.82) is 0 Å². The summed E-state index contributed by atoms with van der Waals surface area (Å²) in [6, 6.07) is 0. The molecule has 2 N–H and O–H groups in total. The number of nitrogens with zero attached hydrogens (tertiary/aromatic N) is 1. The lowest BCUT2D eigenvalue weighted by Gasteiger charge is -2.43. The number of nitrogens with one attached hydrogen (secondary N) is 1. The van der Waals surface area contributed by atoms with Gasteiger partial charge in [-0.15, -0.1) is 0 Å². The van der Waals surface area contributed by atoms with Crippen LogP contribution < -0.4 is 5.32 Å². The van der Waals surface area contributed by atoms with Crippen molar-refractivity contribution < 1.29 is 5.11 Å². The standard InChI is InChI=1S/C18H34N2O/c1-3-19-12-18(8-4-5-14(2)9-18)13-20-10-15-6-7-17(21)16(15)11-20/h14-17,19,21H,3-13H2,1-2H3. The Hall–Kier alpha value is -0.120. The Bertz CT molecular complexity index is 348. The summed E-state index contributed by atoms with van der Waals surface area (Å²) in [6.45, 7) is 10.6. The van der Waals surface area contributed by atoms with E-state index < -0.39 is 0 Å². The topological polar surface area (TPSA) is 35.5 Å². The maximum absolute atomic E-state index is 10.1. The molecular weight excluding hydrogens is 260 g/mol. The van der Waals surface area contributed by atoms with E-state index in [-0.39, 0.29) is 6.10 Å². The molecule has 2 saturated carbocycles. The van der Waals surface area contributed by atoms with Crippen LogP contribution in [0.4, 0.5) is 0 Å². The molecule has 0 bridgehead atoms. The fraction of sp³-hybridized carbons (Fsp3) is 1.00. The molecular formula is C18H34N2O. The molecule has 0 radical (unpaired) electrons. The lowest BCUT2D eigenvalue weighted by molar-refractivity contribution is 0.0779. The molecule has 0 aromatic carbocycles. The summed E-state index contributed by atoms with van der Waals surface area (Å²) in [5.41, 5.74) is 0.483. The molecule has 0 aromatic rings. The highest BCUT2D eigenvalue weighted by atomic mass is 16.3. The quantitative estimate of drug-likeness (QED) is 0.818. The second-order valence-electron chi connectivity index (χ2n) is 8.24. The Labute approximate surface area is 130 Å². The van der Waals surface area contributed by atoms with Crippen molar-refractivity contribution in [3.8, 4) is 0 Å². The van der Waals surface area contributed by atoms with Crippen LogP contribution in [0.3, 0.4) is 0 Å². The number of fused-ring (bicyclic) bond motifs is 1. The van der Waals surface area contributed by atoms with Gasteiger partial charge in [-0.25, -0.2) is 0 Å². The van der Waals surface area contributed by atoms with Gasteiger partial charge in [0.25, 0.3) is 0 Å². The first-order chi connectivity index (χ1) is 10.1. The van der Waals surface area contributed by atoms with E-state index in [0.29, 0.717) is 11.3 Å². The third kappa shape index (κ3) is 3.46. The van der Waals surface area contributed by atoms with Crippen molar-refractivity contribution in [2.24, 2.45) is 23.2 Å². The highest BCUT2D eigenvalue weighted by molar-refractivity contribution is 4.97. The molecule has 3 aliphatic rings. The predicted molar refractivity (Wildman–Crippen MR) is 87.3 cm³/mol. The molecule has 5 unspecified atom stereocenters. The van der Waals surface area contributed by atoms with Gasteiger partial charge >= 0.3 is 0 Å². The monoisotopic (exact) mass is 294 g/mol. The molecule has 3 fully saturated rings. The zero-order chi connectivity index (χ0) is 14.9. The molecule has 122 valence electrons. The highest BCUT2D eigenvalue weighted by Gasteiger charge is 2.44. The fourth-order valence-electron chi connectivity index (χ4n) is 5.45. The Kier molecular flexibility index (Phi) is 4.92. The number of hydrogen-bond donors (Lipinski definition) is 2. The molecule has 3 heteroatoms. The molecule has 1 heterocycles. The summed E-state index contributed by atoms with van der Waals surface area (Å²) in [7, 11) is 0. The van der Waals surface area contributed by atoms with Crippen LogP contribution in [-0.4, -0.2) is 48.8 Å². The van der Waals surface area contributed by atoms with Gasteiger partial charge in [0.1, 0.15) is 0 Å². The van der Waals surface area contributed by atoms with Crippen LogP contribution in [0.5, 0.6) is 0 Å². The second-order valence-corrected chi connectivity index (χ2v) is 8.24. The van der Waals surface area contributed by atoms with Crippen LogP contribution >= 0.6 is 0 Å². The van der Waals surface area contributed by atoms with Gasteiger partial charge in [-0.1, -0.05) is 26.7 Å². The summed E-state index contributed by atoms with van der Waals surface area (Å²) in [4.78, 5) is 2.69. The van der Waals surface area contributed by atoms with E-state index in [1.54, 1.807) is 0 Å². The van der Waals surface area contributed by atoms with Gasteiger partial charge < -0.3 is 15.3 Å². The Morgan fingerprint density at radius 2 is 2.10 bits per heavy atom. The molecule has 0 amide bonds. The van der Waals surface area contributed by atoms with Crippen LogP contribution in [0.1, 0.15) is 52.4 Å². The van der Waals surface area contributed by atoms with E-state index in [1.165, 1.54) is 51.7 Å². The van der Waals surface area contributed by atoms with Gasteiger partial charge in [0.15, 0.2) is 0 Å². The van der Waals surface area contributed by atoms with Crippen LogP contribution in [0.2, 0.25) is 0 Å². The summed E-state index contributed by atoms with van der Waals surface area (Å²) < 4.78 is 0. The SMILES string of the molecule is CCNCC1(CN2CC3CCC(O)C3C2)CCCC(C)C1. The first-order valence-electron chi connectivity index (χ1n) is 9.23. The van der Waals surface area contributed by atoms with Gasteiger partial charge in [-0.3, -0.25) is 0 Å². The summed E-state index contributed by atoms with van der Waals surface area (Å²) in [5.74, 6) is 2.23. The zero-order valence-corrected chi connectivity index (χ0v) is 14.0. The summed E-state index contributed by atoms with van der Waals surface area (Å²) in [5, 5.41) is 13.8. The van der Waals surface area contributed by atoms with Crippen LogP contribution in [-0.2, 0) is 0 Å². The lowest BCUT2D eigenvalue weighted by atomic mass is 9.69. The van der Waals surface area contributed by atoms with Gasteiger partial charge in [0, 0.05) is 32.1 Å². The molecule has 3 rings (SSSR count). The van der Waals surface area contributed by atoms with Crippen molar-refractivity contribution in [1.82, 2.24) is 10.2 Å². The first kappa shape index (κ1) is 15.8. The van der Waals surface area contributed by atoms with E-state index in [0.717, 1.165) is 31.3 Å².